The number of nitrogens with zero attached hydrogens (tertiary/aromatic N) is 3. The van der Waals surface area contributed by atoms with Gasteiger partial charge in [-0.25, -0.2) is 4.98 Å². The van der Waals surface area contributed by atoms with Crippen LogP contribution >= 0.6 is 11.3 Å². The van der Waals surface area contributed by atoms with Gasteiger partial charge in [0.15, 0.2) is 11.7 Å². The molecule has 1 aromatic heterocycles. The highest BCUT2D eigenvalue weighted by Gasteiger charge is 2.33. The van der Waals surface area contributed by atoms with Crippen molar-refractivity contribution in [3.63, 3.8) is 0 Å². The number of alkyl halides is 3. The topological polar surface area (TPSA) is 52.6 Å². The van der Waals surface area contributed by atoms with Crippen molar-refractivity contribution in [1.29, 1.82) is 0 Å². The van der Waals surface area contributed by atoms with Gasteiger partial charge in [0, 0.05) is 31.6 Å². The maximum atomic E-state index is 12.5. The zero-order valence-corrected chi connectivity index (χ0v) is 14.8. The summed E-state index contributed by atoms with van der Waals surface area (Å²) in [6.07, 6.45) is 0.738. The molecule has 1 aromatic rings. The lowest BCUT2D eigenvalue weighted by Crippen LogP contribution is -2.42. The number of hydrogen-bond donors (Lipinski definition) is 2. The monoisotopic (exact) mass is 363 g/mol. The van der Waals surface area contributed by atoms with Gasteiger partial charge in [-0.1, -0.05) is 12.8 Å². The largest absolute Gasteiger partial charge is 0.434 e. The Bertz CT molecular complexity index is 537. The van der Waals surface area contributed by atoms with E-state index in [4.69, 9.17) is 0 Å². The zero-order chi connectivity index (χ0) is 17.6. The number of hydrogen-bond acceptors (Lipinski definition) is 4. The maximum Gasteiger partial charge on any atom is 0.434 e. The molecule has 24 heavy (non-hydrogen) atoms. The maximum absolute atomic E-state index is 12.5. The molecule has 1 aliphatic rings. The summed E-state index contributed by atoms with van der Waals surface area (Å²) in [5.41, 5.74) is -0.842. The summed E-state index contributed by atoms with van der Waals surface area (Å²) in [4.78, 5) is 10.0. The van der Waals surface area contributed by atoms with E-state index in [1.165, 1.54) is 25.7 Å². The summed E-state index contributed by atoms with van der Waals surface area (Å²) in [7, 11) is 3.76. The van der Waals surface area contributed by atoms with Gasteiger partial charge in [-0.3, -0.25) is 4.99 Å². The molecular formula is C15H24F3N5S. The summed E-state index contributed by atoms with van der Waals surface area (Å²) in [6, 6.07) is 0.665. The van der Waals surface area contributed by atoms with Crippen LogP contribution in [0.3, 0.4) is 0 Å². The Balaban J connectivity index is 1.71. The fraction of sp³-hybridized carbons (Fsp3) is 0.733. The highest BCUT2D eigenvalue weighted by molar-refractivity contribution is 7.09. The number of guanidine groups is 1. The Hall–Kier alpha value is -1.35. The molecule has 0 saturated heterocycles. The Morgan fingerprint density at radius 1 is 1.38 bits per heavy atom. The minimum Gasteiger partial charge on any atom is -0.355 e. The minimum atomic E-state index is -4.39. The SMILES string of the molecule is CN=C(NCCN(C)C1CCCC1)NCc1nc(C(F)(F)F)cs1. The molecule has 0 aromatic carbocycles. The van der Waals surface area contributed by atoms with E-state index in [2.05, 4.69) is 32.6 Å². The van der Waals surface area contributed by atoms with Crippen molar-refractivity contribution in [3.05, 3.63) is 16.1 Å². The second-order valence-corrected chi connectivity index (χ2v) is 6.84. The quantitative estimate of drug-likeness (QED) is 0.603. The van der Waals surface area contributed by atoms with Gasteiger partial charge in [-0.15, -0.1) is 11.3 Å². The smallest absolute Gasteiger partial charge is 0.355 e. The predicted octanol–water partition coefficient (Wildman–Crippen LogP) is 2.70. The minimum absolute atomic E-state index is 0.221. The summed E-state index contributed by atoms with van der Waals surface area (Å²) in [5.74, 6) is 0.568. The van der Waals surface area contributed by atoms with E-state index in [0.717, 1.165) is 29.8 Å². The van der Waals surface area contributed by atoms with Crippen LogP contribution in [0.1, 0.15) is 36.4 Å². The van der Waals surface area contributed by atoms with E-state index in [1.54, 1.807) is 7.05 Å². The first kappa shape index (κ1) is 19.0. The fourth-order valence-electron chi connectivity index (χ4n) is 2.78. The Morgan fingerprint density at radius 3 is 2.67 bits per heavy atom. The van der Waals surface area contributed by atoms with Crippen LogP contribution in [0.2, 0.25) is 0 Å². The molecule has 1 fully saturated rings. The van der Waals surface area contributed by atoms with Gasteiger partial charge in [-0.05, 0) is 19.9 Å². The number of nitrogens with one attached hydrogen (secondary N) is 2. The molecule has 0 aliphatic heterocycles. The van der Waals surface area contributed by atoms with Crippen molar-refractivity contribution in [2.75, 3.05) is 27.2 Å². The van der Waals surface area contributed by atoms with Crippen molar-refractivity contribution in [3.8, 4) is 0 Å². The summed E-state index contributed by atoms with van der Waals surface area (Å²) >= 11 is 0.990. The van der Waals surface area contributed by atoms with E-state index in [1.807, 2.05) is 0 Å². The number of aromatic nitrogens is 1. The number of likely N-dealkylation sites (N-methyl/N-ethyl adjacent to an activating group) is 1. The second-order valence-electron chi connectivity index (χ2n) is 5.90. The highest BCUT2D eigenvalue weighted by Crippen LogP contribution is 2.29. The van der Waals surface area contributed by atoms with Gasteiger partial charge in [0.2, 0.25) is 0 Å². The highest BCUT2D eigenvalue weighted by atomic mass is 32.1. The van der Waals surface area contributed by atoms with Crippen molar-refractivity contribution in [1.82, 2.24) is 20.5 Å². The summed E-state index contributed by atoms with van der Waals surface area (Å²) in [5, 5.41) is 7.59. The van der Waals surface area contributed by atoms with E-state index >= 15 is 0 Å². The van der Waals surface area contributed by atoms with Crippen molar-refractivity contribution < 1.29 is 13.2 Å². The normalized spacial score (nSPS) is 16.8. The van der Waals surface area contributed by atoms with Gasteiger partial charge >= 0.3 is 6.18 Å². The third-order valence-corrected chi connectivity index (χ3v) is 5.03. The third kappa shape index (κ3) is 5.62. The lowest BCUT2D eigenvalue weighted by atomic mass is 10.2. The van der Waals surface area contributed by atoms with Crippen molar-refractivity contribution >= 4 is 17.3 Å². The van der Waals surface area contributed by atoms with Crippen LogP contribution in [-0.2, 0) is 12.7 Å². The lowest BCUT2D eigenvalue weighted by Gasteiger charge is -2.24. The van der Waals surface area contributed by atoms with Crippen LogP contribution in [0.4, 0.5) is 13.2 Å². The van der Waals surface area contributed by atoms with Crippen LogP contribution in [0, 0.1) is 0 Å². The first-order valence-corrected chi connectivity index (χ1v) is 8.94. The van der Waals surface area contributed by atoms with E-state index in [-0.39, 0.29) is 6.54 Å². The van der Waals surface area contributed by atoms with Gasteiger partial charge in [0.05, 0.1) is 6.54 Å². The molecule has 136 valence electrons. The molecule has 0 amide bonds. The molecule has 1 aliphatic carbocycles. The third-order valence-electron chi connectivity index (χ3n) is 4.18. The molecule has 0 atom stereocenters. The van der Waals surface area contributed by atoms with E-state index < -0.39 is 11.9 Å². The summed E-state index contributed by atoms with van der Waals surface area (Å²) in [6.45, 7) is 1.86. The van der Waals surface area contributed by atoms with Crippen LogP contribution in [0.5, 0.6) is 0 Å². The van der Waals surface area contributed by atoms with Crippen LogP contribution in [0.25, 0.3) is 0 Å². The summed E-state index contributed by atoms with van der Waals surface area (Å²) < 4.78 is 37.6. The number of aliphatic imine (C=N–C) groups is 1. The predicted molar refractivity (Wildman–Crippen MR) is 90.2 cm³/mol. The first-order chi connectivity index (χ1) is 11.4. The molecule has 0 radical (unpaired) electrons. The Morgan fingerprint density at radius 2 is 2.08 bits per heavy atom. The van der Waals surface area contributed by atoms with Gasteiger partial charge < -0.3 is 15.5 Å². The van der Waals surface area contributed by atoms with Gasteiger partial charge in [0.25, 0.3) is 0 Å². The molecule has 2 rings (SSSR count). The molecular weight excluding hydrogens is 339 g/mol. The Kier molecular flexibility index (Phi) is 6.85. The molecule has 2 N–H and O–H groups in total. The zero-order valence-electron chi connectivity index (χ0n) is 14.0. The molecule has 5 nitrogen and oxygen atoms in total. The van der Waals surface area contributed by atoms with Crippen LogP contribution in [-0.4, -0.2) is 49.1 Å². The van der Waals surface area contributed by atoms with E-state index in [0.29, 0.717) is 17.0 Å². The molecule has 9 heteroatoms. The fourth-order valence-corrected chi connectivity index (χ4v) is 3.52. The van der Waals surface area contributed by atoms with Crippen LogP contribution < -0.4 is 10.6 Å². The van der Waals surface area contributed by atoms with Crippen molar-refractivity contribution in [2.24, 2.45) is 4.99 Å². The molecule has 0 spiro atoms. The average Bonchev–Trinajstić information content (AvgIpc) is 3.20. The first-order valence-electron chi connectivity index (χ1n) is 8.06. The number of rotatable bonds is 6. The molecule has 1 saturated carbocycles. The van der Waals surface area contributed by atoms with Crippen molar-refractivity contribution in [2.45, 2.75) is 44.4 Å². The molecule has 1 heterocycles. The molecule has 0 unspecified atom stereocenters. The second kappa shape index (κ2) is 8.66. The number of thiazole rings is 1. The van der Waals surface area contributed by atoms with E-state index in [9.17, 15) is 13.2 Å². The lowest BCUT2D eigenvalue weighted by molar-refractivity contribution is -0.140. The number of halogens is 3. The standard InChI is InChI=1S/C15H24F3N5S/c1-19-14(20-7-8-23(2)11-5-3-4-6-11)21-9-13-22-12(10-24-13)15(16,17)18/h10-11H,3-9H2,1-2H3,(H2,19,20,21). The Labute approximate surface area is 144 Å². The van der Waals surface area contributed by atoms with Gasteiger partial charge in [-0.2, -0.15) is 13.2 Å². The average molecular weight is 363 g/mol. The van der Waals surface area contributed by atoms with Crippen LogP contribution in [0.15, 0.2) is 10.4 Å². The van der Waals surface area contributed by atoms with Gasteiger partial charge in [0.1, 0.15) is 5.01 Å². The molecule has 0 bridgehead atoms.